The average Bonchev–Trinajstić information content (AvgIpc) is 2.83. The lowest BCUT2D eigenvalue weighted by molar-refractivity contribution is -0.122. The van der Waals surface area contributed by atoms with Crippen LogP contribution in [-0.2, 0) is 9.59 Å². The number of rotatable bonds is 12. The summed E-state index contributed by atoms with van der Waals surface area (Å²) < 4.78 is 16.4. The van der Waals surface area contributed by atoms with Gasteiger partial charge in [-0.3, -0.25) is 14.4 Å². The number of para-hydroxylation sites is 2. The predicted octanol–water partition coefficient (Wildman–Crippen LogP) is 2.14. The molecule has 34 heavy (non-hydrogen) atoms. The maximum Gasteiger partial charge on any atom is 0.265 e. The summed E-state index contributed by atoms with van der Waals surface area (Å²) in [5.74, 6) is 1.02. The number of ketones is 1. The van der Waals surface area contributed by atoms with Gasteiger partial charge in [-0.2, -0.15) is 0 Å². The molecular weight excluding hydrogens is 438 g/mol. The lowest BCUT2D eigenvalue weighted by Crippen LogP contribution is -2.40. The Morgan fingerprint density at radius 3 is 2.65 bits per heavy atom. The third-order valence-electron chi connectivity index (χ3n) is 5.32. The van der Waals surface area contributed by atoms with Gasteiger partial charge >= 0.3 is 0 Å². The molecule has 0 fully saturated rings. The van der Waals surface area contributed by atoms with Crippen molar-refractivity contribution >= 4 is 23.3 Å². The predicted molar refractivity (Wildman–Crippen MR) is 128 cm³/mol. The van der Waals surface area contributed by atoms with Crippen LogP contribution in [0.15, 0.2) is 42.5 Å². The van der Waals surface area contributed by atoms with E-state index in [2.05, 4.69) is 5.32 Å². The smallest absolute Gasteiger partial charge is 0.265 e. The summed E-state index contributed by atoms with van der Waals surface area (Å²) in [6.45, 7) is 1.44. The number of likely N-dealkylation sites (N-methyl/N-ethyl adjacent to an activating group) is 1. The minimum Gasteiger partial charge on any atom is -0.493 e. The van der Waals surface area contributed by atoms with E-state index in [1.165, 1.54) is 7.11 Å². The molecule has 9 heteroatoms. The summed E-state index contributed by atoms with van der Waals surface area (Å²) in [7, 11) is 5.42. The molecule has 2 amide bonds. The molecule has 2 aromatic carbocycles. The van der Waals surface area contributed by atoms with Gasteiger partial charge in [0, 0.05) is 31.6 Å². The van der Waals surface area contributed by atoms with Gasteiger partial charge in [0.15, 0.2) is 30.5 Å². The number of anilines is 1. The molecule has 1 heterocycles. The Morgan fingerprint density at radius 1 is 1.15 bits per heavy atom. The third-order valence-corrected chi connectivity index (χ3v) is 5.32. The number of nitrogens with zero attached hydrogens (tertiary/aromatic N) is 2. The molecule has 1 N–H and O–H groups in total. The molecule has 0 saturated carbocycles. The van der Waals surface area contributed by atoms with Crippen molar-refractivity contribution in [3.05, 3.63) is 48.0 Å². The summed E-state index contributed by atoms with van der Waals surface area (Å²) in [6.07, 6.45) is 0.798. The van der Waals surface area contributed by atoms with E-state index in [0.717, 1.165) is 6.54 Å². The van der Waals surface area contributed by atoms with E-state index >= 15 is 0 Å². The lowest BCUT2D eigenvalue weighted by atomic mass is 10.1. The Hall–Kier alpha value is -3.59. The van der Waals surface area contributed by atoms with E-state index in [-0.39, 0.29) is 30.8 Å². The van der Waals surface area contributed by atoms with Crippen molar-refractivity contribution in [2.45, 2.75) is 12.8 Å². The van der Waals surface area contributed by atoms with Gasteiger partial charge in [-0.05, 0) is 50.8 Å². The molecule has 0 atom stereocenters. The minimum absolute atomic E-state index is 0.0554. The molecule has 1 aliphatic heterocycles. The SMILES string of the molecule is COc1ccccc1OCC(=O)c1ccc2c(c1)N(CCCC(=O)NCCN(C)C)C(=O)CO2. The fourth-order valence-electron chi connectivity index (χ4n) is 3.49. The Kier molecular flexibility index (Phi) is 8.86. The van der Waals surface area contributed by atoms with Crippen molar-refractivity contribution in [1.29, 1.82) is 0 Å². The zero-order valence-corrected chi connectivity index (χ0v) is 19.8. The Morgan fingerprint density at radius 2 is 1.91 bits per heavy atom. The molecule has 0 aromatic heterocycles. The maximum absolute atomic E-state index is 12.8. The van der Waals surface area contributed by atoms with Crippen molar-refractivity contribution in [3.8, 4) is 17.2 Å². The number of amides is 2. The first-order valence-corrected chi connectivity index (χ1v) is 11.2. The molecule has 0 spiro atoms. The molecule has 3 rings (SSSR count). The molecule has 182 valence electrons. The first-order valence-electron chi connectivity index (χ1n) is 11.2. The molecule has 0 unspecified atom stereocenters. The van der Waals surface area contributed by atoms with Crippen molar-refractivity contribution in [2.24, 2.45) is 0 Å². The van der Waals surface area contributed by atoms with Gasteiger partial charge in [0.05, 0.1) is 12.8 Å². The van der Waals surface area contributed by atoms with Crippen LogP contribution in [0.25, 0.3) is 0 Å². The molecular formula is C25H31N3O6. The number of nitrogens with one attached hydrogen (secondary N) is 1. The summed E-state index contributed by atoms with van der Waals surface area (Å²) in [5.41, 5.74) is 0.922. The Bertz CT molecular complexity index is 1020. The molecule has 1 aliphatic rings. The van der Waals surface area contributed by atoms with Gasteiger partial charge in [-0.15, -0.1) is 0 Å². The van der Waals surface area contributed by atoms with Gasteiger partial charge in [-0.25, -0.2) is 0 Å². The van der Waals surface area contributed by atoms with Crippen LogP contribution >= 0.6 is 0 Å². The van der Waals surface area contributed by atoms with Crippen LogP contribution in [0.1, 0.15) is 23.2 Å². The largest absolute Gasteiger partial charge is 0.493 e. The van der Waals surface area contributed by atoms with Crippen molar-refractivity contribution in [1.82, 2.24) is 10.2 Å². The van der Waals surface area contributed by atoms with Crippen LogP contribution in [0.5, 0.6) is 17.2 Å². The standard InChI is InChI=1S/C25H31N3O6/c1-27(2)14-12-26-24(30)9-6-13-28-19-15-18(10-11-21(19)34-17-25(28)31)20(29)16-33-23-8-5-4-7-22(23)32-3/h4-5,7-8,10-11,15H,6,9,12-14,16-17H2,1-3H3,(H,26,30). The minimum atomic E-state index is -0.244. The van der Waals surface area contributed by atoms with Gasteiger partial charge in [0.2, 0.25) is 5.91 Å². The van der Waals surface area contributed by atoms with E-state index in [1.807, 2.05) is 25.1 Å². The number of carbonyl (C=O) groups is 3. The quantitative estimate of drug-likeness (QED) is 0.476. The summed E-state index contributed by atoms with van der Waals surface area (Å²) >= 11 is 0. The molecule has 0 saturated heterocycles. The zero-order chi connectivity index (χ0) is 24.5. The first-order chi connectivity index (χ1) is 16.4. The topological polar surface area (TPSA) is 97.4 Å². The van der Waals surface area contributed by atoms with Crippen molar-refractivity contribution in [3.63, 3.8) is 0 Å². The highest BCUT2D eigenvalue weighted by Crippen LogP contribution is 2.33. The third kappa shape index (κ3) is 6.71. The molecule has 0 bridgehead atoms. The van der Waals surface area contributed by atoms with Gasteiger partial charge in [0.25, 0.3) is 5.91 Å². The fraction of sp³-hybridized carbons (Fsp3) is 0.400. The van der Waals surface area contributed by atoms with E-state index in [0.29, 0.717) is 54.4 Å². The molecule has 0 aliphatic carbocycles. The van der Waals surface area contributed by atoms with Crippen LogP contribution in [0, 0.1) is 0 Å². The second kappa shape index (κ2) is 12.0. The summed E-state index contributed by atoms with van der Waals surface area (Å²) in [4.78, 5) is 40.9. The van der Waals surface area contributed by atoms with Crippen LogP contribution in [0.3, 0.4) is 0 Å². The average molecular weight is 470 g/mol. The van der Waals surface area contributed by atoms with Crippen molar-refractivity contribution < 1.29 is 28.6 Å². The number of methoxy groups -OCH3 is 1. The number of hydrogen-bond donors (Lipinski definition) is 1. The number of carbonyl (C=O) groups excluding carboxylic acids is 3. The van der Waals surface area contributed by atoms with Gasteiger partial charge < -0.3 is 29.3 Å². The number of fused-ring (bicyclic) bond motifs is 1. The Labute approximate surface area is 199 Å². The first kappa shape index (κ1) is 25.0. The lowest BCUT2D eigenvalue weighted by Gasteiger charge is -2.29. The number of benzene rings is 2. The number of Topliss-reactive ketones (excluding diaryl/α,β-unsaturated/α-hetero) is 1. The van der Waals surface area contributed by atoms with Crippen molar-refractivity contribution in [2.75, 3.05) is 59.0 Å². The van der Waals surface area contributed by atoms with E-state index in [1.54, 1.807) is 41.3 Å². The van der Waals surface area contributed by atoms with Crippen LogP contribution in [0.2, 0.25) is 0 Å². The highest BCUT2D eigenvalue weighted by atomic mass is 16.5. The second-order valence-corrected chi connectivity index (χ2v) is 8.14. The number of ether oxygens (including phenoxy) is 3. The van der Waals surface area contributed by atoms with E-state index < -0.39 is 0 Å². The van der Waals surface area contributed by atoms with Crippen LogP contribution in [-0.4, -0.2) is 76.6 Å². The maximum atomic E-state index is 12.8. The monoisotopic (exact) mass is 469 g/mol. The summed E-state index contributed by atoms with van der Waals surface area (Å²) in [6, 6.07) is 12.1. The van der Waals surface area contributed by atoms with Crippen LogP contribution in [0.4, 0.5) is 5.69 Å². The van der Waals surface area contributed by atoms with Crippen LogP contribution < -0.4 is 24.4 Å². The van der Waals surface area contributed by atoms with E-state index in [9.17, 15) is 14.4 Å². The molecule has 9 nitrogen and oxygen atoms in total. The van der Waals surface area contributed by atoms with E-state index in [4.69, 9.17) is 14.2 Å². The summed E-state index contributed by atoms with van der Waals surface area (Å²) in [5, 5.41) is 2.87. The number of hydrogen-bond acceptors (Lipinski definition) is 7. The molecule has 2 aromatic rings. The Balaban J connectivity index is 1.61. The normalized spacial score (nSPS) is 12.7. The highest BCUT2D eigenvalue weighted by molar-refractivity contribution is 6.02. The highest BCUT2D eigenvalue weighted by Gasteiger charge is 2.26. The fourth-order valence-corrected chi connectivity index (χ4v) is 3.49. The van der Waals surface area contributed by atoms with Gasteiger partial charge in [-0.1, -0.05) is 12.1 Å². The molecule has 0 radical (unpaired) electrons. The van der Waals surface area contributed by atoms with Gasteiger partial charge in [0.1, 0.15) is 5.75 Å². The zero-order valence-electron chi connectivity index (χ0n) is 19.8. The second-order valence-electron chi connectivity index (χ2n) is 8.14.